The fraction of sp³-hybridized carbons (Fsp3) is 0.333. The van der Waals surface area contributed by atoms with Gasteiger partial charge in [-0.2, -0.15) is 0 Å². The number of pyridine rings is 1. The van der Waals surface area contributed by atoms with Gasteiger partial charge in [-0.1, -0.05) is 19.4 Å². The van der Waals surface area contributed by atoms with Crippen LogP contribution in [0.15, 0.2) is 36.5 Å². The number of aromatic nitrogens is 1. The van der Waals surface area contributed by atoms with Crippen LogP contribution in [0.2, 0.25) is 0 Å². The quantitative estimate of drug-likeness (QED) is 0.813. The van der Waals surface area contributed by atoms with E-state index in [9.17, 15) is 4.79 Å². The molecular weight excluding hydrogens is 306 g/mol. The van der Waals surface area contributed by atoms with E-state index in [4.69, 9.17) is 9.47 Å². The van der Waals surface area contributed by atoms with Crippen molar-refractivity contribution >= 4 is 17.4 Å². The molecule has 2 heterocycles. The lowest BCUT2D eigenvalue weighted by Gasteiger charge is -2.08. The van der Waals surface area contributed by atoms with Crippen molar-refractivity contribution in [2.45, 2.75) is 32.7 Å². The van der Waals surface area contributed by atoms with Gasteiger partial charge in [0.2, 0.25) is 12.7 Å². The Morgan fingerprint density at radius 3 is 2.88 bits per heavy atom. The third-order valence-corrected chi connectivity index (χ3v) is 3.72. The number of rotatable bonds is 7. The zero-order chi connectivity index (χ0) is 16.8. The summed E-state index contributed by atoms with van der Waals surface area (Å²) in [7, 11) is 0. The van der Waals surface area contributed by atoms with Crippen molar-refractivity contribution in [1.82, 2.24) is 4.98 Å². The minimum atomic E-state index is 0.00502. The van der Waals surface area contributed by atoms with Crippen molar-refractivity contribution in [3.05, 3.63) is 42.1 Å². The number of hydrogen-bond donors (Lipinski definition) is 2. The Bertz CT molecular complexity index is 701. The van der Waals surface area contributed by atoms with Gasteiger partial charge >= 0.3 is 0 Å². The Balaban J connectivity index is 1.52. The number of benzene rings is 1. The fourth-order valence-electron chi connectivity index (χ4n) is 2.37. The number of amides is 1. The number of nitrogens with one attached hydrogen (secondary N) is 2. The van der Waals surface area contributed by atoms with Gasteiger partial charge in [-0.25, -0.2) is 4.98 Å². The van der Waals surface area contributed by atoms with Gasteiger partial charge < -0.3 is 20.1 Å². The van der Waals surface area contributed by atoms with Crippen LogP contribution >= 0.6 is 0 Å². The molecule has 126 valence electrons. The minimum Gasteiger partial charge on any atom is -0.454 e. The van der Waals surface area contributed by atoms with Gasteiger partial charge in [-0.05, 0) is 36.2 Å². The Hall–Kier alpha value is -2.76. The highest BCUT2D eigenvalue weighted by Crippen LogP contribution is 2.32. The molecule has 0 aliphatic carbocycles. The summed E-state index contributed by atoms with van der Waals surface area (Å²) >= 11 is 0. The van der Waals surface area contributed by atoms with Crippen LogP contribution in [-0.2, 0) is 11.3 Å². The number of ether oxygens (including phenoxy) is 2. The molecule has 1 aliphatic rings. The largest absolute Gasteiger partial charge is 0.454 e. The molecule has 1 aliphatic heterocycles. The average molecular weight is 327 g/mol. The first-order chi connectivity index (χ1) is 11.7. The first-order valence-corrected chi connectivity index (χ1v) is 8.13. The highest BCUT2D eigenvalue weighted by molar-refractivity contribution is 5.89. The van der Waals surface area contributed by atoms with E-state index >= 15 is 0 Å². The predicted molar refractivity (Wildman–Crippen MR) is 92.3 cm³/mol. The molecule has 3 rings (SSSR count). The van der Waals surface area contributed by atoms with Gasteiger partial charge in [0.1, 0.15) is 5.82 Å². The third-order valence-electron chi connectivity index (χ3n) is 3.72. The van der Waals surface area contributed by atoms with Crippen molar-refractivity contribution in [3.8, 4) is 11.5 Å². The SMILES string of the molecule is CCCCC(=O)Nc1ccc(NCc2ccc3c(c2)OCO3)cn1. The summed E-state index contributed by atoms with van der Waals surface area (Å²) in [4.78, 5) is 15.9. The molecule has 0 atom stereocenters. The van der Waals surface area contributed by atoms with E-state index < -0.39 is 0 Å². The van der Waals surface area contributed by atoms with Gasteiger partial charge in [0.15, 0.2) is 11.5 Å². The summed E-state index contributed by atoms with van der Waals surface area (Å²) in [5.74, 6) is 2.14. The monoisotopic (exact) mass is 327 g/mol. The zero-order valence-corrected chi connectivity index (χ0v) is 13.7. The standard InChI is InChI=1S/C18H21N3O3/c1-2-3-4-18(22)21-17-8-6-14(11-20-17)19-10-13-5-7-15-16(9-13)24-12-23-15/h5-9,11,19H,2-4,10,12H2,1H3,(H,20,21,22). The number of fused-ring (bicyclic) bond motifs is 1. The Morgan fingerprint density at radius 1 is 1.21 bits per heavy atom. The maximum atomic E-state index is 11.7. The first kappa shape index (κ1) is 16.1. The van der Waals surface area contributed by atoms with Crippen molar-refractivity contribution in [1.29, 1.82) is 0 Å². The van der Waals surface area contributed by atoms with Crippen molar-refractivity contribution in [2.24, 2.45) is 0 Å². The van der Waals surface area contributed by atoms with E-state index in [0.29, 0.717) is 18.8 Å². The molecule has 1 amide bonds. The average Bonchev–Trinajstić information content (AvgIpc) is 3.07. The van der Waals surface area contributed by atoms with Crippen LogP contribution in [0.1, 0.15) is 31.7 Å². The number of anilines is 2. The summed E-state index contributed by atoms with van der Waals surface area (Å²) in [6.45, 7) is 2.99. The number of nitrogens with zero attached hydrogens (tertiary/aromatic N) is 1. The number of carbonyl (C=O) groups excluding carboxylic acids is 1. The van der Waals surface area contributed by atoms with Gasteiger partial charge in [0, 0.05) is 13.0 Å². The third kappa shape index (κ3) is 4.16. The Labute approximate surface area is 141 Å². The molecule has 1 aromatic carbocycles. The summed E-state index contributed by atoms with van der Waals surface area (Å²) in [5, 5.41) is 6.09. The molecule has 2 N–H and O–H groups in total. The van der Waals surface area contributed by atoms with Crippen LogP contribution in [0.25, 0.3) is 0 Å². The van der Waals surface area contributed by atoms with E-state index in [-0.39, 0.29) is 12.7 Å². The summed E-state index contributed by atoms with van der Waals surface area (Å²) < 4.78 is 10.7. The molecule has 0 saturated carbocycles. The van der Waals surface area contributed by atoms with Crippen molar-refractivity contribution in [3.63, 3.8) is 0 Å². The van der Waals surface area contributed by atoms with Crippen LogP contribution in [0.5, 0.6) is 11.5 Å². The van der Waals surface area contributed by atoms with Crippen LogP contribution in [0.4, 0.5) is 11.5 Å². The van der Waals surface area contributed by atoms with E-state index in [1.165, 1.54) is 0 Å². The molecule has 0 fully saturated rings. The highest BCUT2D eigenvalue weighted by atomic mass is 16.7. The molecule has 6 nitrogen and oxygen atoms in total. The van der Waals surface area contributed by atoms with Gasteiger partial charge in [0.05, 0.1) is 11.9 Å². The first-order valence-electron chi connectivity index (χ1n) is 8.13. The van der Waals surface area contributed by atoms with Crippen LogP contribution in [0.3, 0.4) is 0 Å². The van der Waals surface area contributed by atoms with E-state index in [1.54, 1.807) is 12.3 Å². The number of unbranched alkanes of at least 4 members (excludes halogenated alkanes) is 1. The lowest BCUT2D eigenvalue weighted by atomic mass is 10.2. The second-order valence-electron chi connectivity index (χ2n) is 5.63. The lowest BCUT2D eigenvalue weighted by molar-refractivity contribution is -0.116. The van der Waals surface area contributed by atoms with E-state index in [2.05, 4.69) is 22.5 Å². The molecule has 6 heteroatoms. The molecule has 0 spiro atoms. The maximum Gasteiger partial charge on any atom is 0.231 e. The molecule has 0 unspecified atom stereocenters. The highest BCUT2D eigenvalue weighted by Gasteiger charge is 2.12. The van der Waals surface area contributed by atoms with Gasteiger partial charge in [0.25, 0.3) is 0 Å². The Kier molecular flexibility index (Phi) is 5.15. The predicted octanol–water partition coefficient (Wildman–Crippen LogP) is 3.55. The van der Waals surface area contributed by atoms with Gasteiger partial charge in [-0.3, -0.25) is 4.79 Å². The summed E-state index contributed by atoms with van der Waals surface area (Å²) in [6, 6.07) is 9.56. The number of hydrogen-bond acceptors (Lipinski definition) is 5. The molecule has 2 aromatic rings. The molecule has 0 saturated heterocycles. The fourth-order valence-corrected chi connectivity index (χ4v) is 2.37. The van der Waals surface area contributed by atoms with E-state index in [0.717, 1.165) is 35.6 Å². The lowest BCUT2D eigenvalue weighted by Crippen LogP contribution is -2.12. The van der Waals surface area contributed by atoms with E-state index in [1.807, 2.05) is 24.3 Å². The molecule has 1 aromatic heterocycles. The van der Waals surface area contributed by atoms with Crippen LogP contribution in [-0.4, -0.2) is 17.7 Å². The summed E-state index contributed by atoms with van der Waals surface area (Å²) in [6.07, 6.45) is 4.13. The van der Waals surface area contributed by atoms with Crippen molar-refractivity contribution in [2.75, 3.05) is 17.4 Å². The van der Waals surface area contributed by atoms with Crippen LogP contribution < -0.4 is 20.1 Å². The second kappa shape index (κ2) is 7.68. The topological polar surface area (TPSA) is 72.5 Å². The smallest absolute Gasteiger partial charge is 0.231 e. The minimum absolute atomic E-state index is 0.00502. The molecule has 24 heavy (non-hydrogen) atoms. The normalized spacial score (nSPS) is 12.0. The van der Waals surface area contributed by atoms with Crippen molar-refractivity contribution < 1.29 is 14.3 Å². The molecule has 0 radical (unpaired) electrons. The molecular formula is C18H21N3O3. The van der Waals surface area contributed by atoms with Gasteiger partial charge in [-0.15, -0.1) is 0 Å². The summed E-state index contributed by atoms with van der Waals surface area (Å²) in [5.41, 5.74) is 1.98. The zero-order valence-electron chi connectivity index (χ0n) is 13.7. The Morgan fingerprint density at radius 2 is 2.08 bits per heavy atom. The van der Waals surface area contributed by atoms with Crippen LogP contribution in [0, 0.1) is 0 Å². The number of carbonyl (C=O) groups is 1. The second-order valence-corrected chi connectivity index (χ2v) is 5.63. The maximum absolute atomic E-state index is 11.7. The molecule has 0 bridgehead atoms.